The van der Waals surface area contributed by atoms with E-state index in [-0.39, 0.29) is 0 Å². The Hall–Kier alpha value is -12.1. The average molecular weight is 1130 g/mol. The van der Waals surface area contributed by atoms with Gasteiger partial charge in [0.15, 0.2) is 46.1 Å². The number of hydrogen-bond acceptors (Lipinski definition) is 10. The van der Waals surface area contributed by atoms with Gasteiger partial charge in [-0.05, 0) is 82.9 Å². The lowest BCUT2D eigenvalue weighted by Gasteiger charge is -2.09. The van der Waals surface area contributed by atoms with Crippen LogP contribution in [0.15, 0.2) is 297 Å². The van der Waals surface area contributed by atoms with Gasteiger partial charge >= 0.3 is 0 Å². The highest BCUT2D eigenvalue weighted by Gasteiger charge is 2.20. The first-order valence-corrected chi connectivity index (χ1v) is 29.1. The number of nitrogens with zero attached hydrogens (tertiary/aromatic N) is 6. The standard InChI is InChI=1S/2C39H23N3O2/c1-3-9-25(10-4-1)37-40-38(26-11-5-2-6-12-26)42-39(41-37)27-17-15-24(16-18-27)28-19-20-30-32-22-21-31-29-13-7-8-14-33(29)43-35(31)36(32)44-34(30)23-28;1-3-9-25(10-4-1)37-40-38(26-11-5-2-6-12-26)42-39(41-37)27-17-15-24(16-18-27)28-19-20-30-34(23-28)44-33-22-21-32-35(36(30)33)29-13-7-8-14-31(29)43-32/h2*1-23H. The SMILES string of the molecule is c1ccc(-c2nc(-c3ccccc3)nc(-c3ccc(-c4ccc5c(c4)oc4c5ccc5c6ccccc6oc54)cc3)n2)cc1.c1ccc(-c2nc(-c3ccccc3)nc(-c3ccc(-c4ccc5c(c4)oc4ccc6oc7ccccc7c6c45)cc3)n2)cc1. The lowest BCUT2D eigenvalue weighted by atomic mass is 10.0. The molecule has 0 aliphatic rings. The van der Waals surface area contributed by atoms with Crippen LogP contribution in [0.3, 0.4) is 0 Å². The number of benzene rings is 12. The van der Waals surface area contributed by atoms with E-state index in [9.17, 15) is 0 Å². The van der Waals surface area contributed by atoms with Crippen molar-refractivity contribution in [2.45, 2.75) is 0 Å². The first-order valence-electron chi connectivity index (χ1n) is 29.1. The molecule has 0 radical (unpaired) electrons. The summed E-state index contributed by atoms with van der Waals surface area (Å²) in [6, 6.07) is 94.0. The van der Waals surface area contributed by atoms with Crippen LogP contribution >= 0.6 is 0 Å². The van der Waals surface area contributed by atoms with Gasteiger partial charge in [0.25, 0.3) is 0 Å². The zero-order chi connectivity index (χ0) is 58.1. The summed E-state index contributed by atoms with van der Waals surface area (Å²) in [5.74, 6) is 3.85. The third-order valence-corrected chi connectivity index (χ3v) is 16.3. The zero-order valence-corrected chi connectivity index (χ0v) is 46.9. The molecule has 0 aliphatic heterocycles. The van der Waals surface area contributed by atoms with Crippen molar-refractivity contribution in [3.63, 3.8) is 0 Å². The summed E-state index contributed by atoms with van der Waals surface area (Å²) in [6.45, 7) is 0. The second-order valence-electron chi connectivity index (χ2n) is 21.7. The van der Waals surface area contributed by atoms with E-state index in [2.05, 4.69) is 109 Å². The minimum Gasteiger partial charge on any atom is -0.456 e. The van der Waals surface area contributed by atoms with Gasteiger partial charge < -0.3 is 17.7 Å². The second-order valence-corrected chi connectivity index (χ2v) is 21.7. The summed E-state index contributed by atoms with van der Waals surface area (Å²) in [5, 5.41) is 8.62. The van der Waals surface area contributed by atoms with E-state index in [0.29, 0.717) is 34.9 Å². The summed E-state index contributed by atoms with van der Waals surface area (Å²) in [5.41, 5.74) is 16.6. The van der Waals surface area contributed by atoms with Gasteiger partial charge in [-0.3, -0.25) is 0 Å². The largest absolute Gasteiger partial charge is 0.456 e. The maximum absolute atomic E-state index is 6.44. The molecule has 10 nitrogen and oxygen atoms in total. The van der Waals surface area contributed by atoms with Crippen LogP contribution in [-0.2, 0) is 0 Å². The van der Waals surface area contributed by atoms with E-state index in [4.69, 9.17) is 47.6 Å². The van der Waals surface area contributed by atoms with Crippen LogP contribution in [0.5, 0.6) is 0 Å². The molecule has 18 aromatic rings. The number of aromatic nitrogens is 6. The molecule has 10 heteroatoms. The predicted molar refractivity (Wildman–Crippen MR) is 352 cm³/mol. The number of para-hydroxylation sites is 2. The molecule has 0 unspecified atom stereocenters. The zero-order valence-electron chi connectivity index (χ0n) is 46.9. The van der Waals surface area contributed by atoms with Crippen molar-refractivity contribution in [2.24, 2.45) is 0 Å². The molecular weight excluding hydrogens is 1080 g/mol. The summed E-state index contributed by atoms with van der Waals surface area (Å²) >= 11 is 0. The lowest BCUT2D eigenvalue weighted by molar-refractivity contribution is 0.633. The molecule has 0 spiro atoms. The third-order valence-electron chi connectivity index (χ3n) is 16.3. The van der Waals surface area contributed by atoms with Gasteiger partial charge in [-0.25, -0.2) is 29.9 Å². The van der Waals surface area contributed by atoms with Crippen molar-refractivity contribution in [2.75, 3.05) is 0 Å². The van der Waals surface area contributed by atoms with Crippen molar-refractivity contribution >= 4 is 87.8 Å². The Bertz CT molecular complexity index is 5550. The van der Waals surface area contributed by atoms with Gasteiger partial charge in [0.2, 0.25) is 0 Å². The second kappa shape index (κ2) is 20.9. The maximum atomic E-state index is 6.44. The van der Waals surface area contributed by atoms with Crippen molar-refractivity contribution in [3.05, 3.63) is 279 Å². The smallest absolute Gasteiger partial charge is 0.178 e. The van der Waals surface area contributed by atoms with Gasteiger partial charge in [-0.15, -0.1) is 0 Å². The monoisotopic (exact) mass is 1130 g/mol. The van der Waals surface area contributed by atoms with Crippen molar-refractivity contribution in [3.8, 4) is 90.6 Å². The van der Waals surface area contributed by atoms with Crippen LogP contribution in [0.2, 0.25) is 0 Å². The summed E-state index contributed by atoms with van der Waals surface area (Å²) in [4.78, 5) is 29.1. The Labute approximate surface area is 502 Å². The minimum absolute atomic E-state index is 0.631. The molecule has 0 N–H and O–H groups in total. The van der Waals surface area contributed by atoms with Crippen LogP contribution in [0, 0.1) is 0 Å². The van der Waals surface area contributed by atoms with Crippen molar-refractivity contribution < 1.29 is 17.7 Å². The van der Waals surface area contributed by atoms with Crippen LogP contribution < -0.4 is 0 Å². The summed E-state index contributed by atoms with van der Waals surface area (Å²) < 4.78 is 25.2. The van der Waals surface area contributed by atoms with Gasteiger partial charge in [0, 0.05) is 76.5 Å². The van der Waals surface area contributed by atoms with E-state index >= 15 is 0 Å². The topological polar surface area (TPSA) is 130 Å². The molecule has 6 aromatic heterocycles. The quantitative estimate of drug-likeness (QED) is 0.145. The number of rotatable bonds is 8. The molecule has 0 saturated carbocycles. The normalized spacial score (nSPS) is 11.6. The highest BCUT2D eigenvalue weighted by atomic mass is 16.4. The van der Waals surface area contributed by atoms with Crippen LogP contribution in [-0.4, -0.2) is 29.9 Å². The molecule has 12 aromatic carbocycles. The number of fused-ring (bicyclic) bond motifs is 14. The van der Waals surface area contributed by atoms with Crippen molar-refractivity contribution in [1.29, 1.82) is 0 Å². The molecule has 0 atom stereocenters. The Kier molecular flexibility index (Phi) is 12.0. The van der Waals surface area contributed by atoms with Gasteiger partial charge in [-0.1, -0.05) is 218 Å². The lowest BCUT2D eigenvalue weighted by Crippen LogP contribution is -2.00. The van der Waals surface area contributed by atoms with E-state index in [1.165, 1.54) is 0 Å². The van der Waals surface area contributed by atoms with Crippen LogP contribution in [0.1, 0.15) is 0 Å². The molecule has 0 amide bonds. The van der Waals surface area contributed by atoms with Crippen LogP contribution in [0.25, 0.3) is 178 Å². The molecule has 0 saturated heterocycles. The molecule has 0 fully saturated rings. The molecule has 0 bridgehead atoms. The average Bonchev–Trinajstić information content (AvgIpc) is 2.27. The van der Waals surface area contributed by atoms with E-state index in [1.54, 1.807) is 0 Å². The highest BCUT2D eigenvalue weighted by molar-refractivity contribution is 6.26. The Morgan fingerprint density at radius 1 is 0.170 bits per heavy atom. The fourth-order valence-electron chi connectivity index (χ4n) is 12.0. The minimum atomic E-state index is 0.631. The number of furan rings is 4. The molecule has 6 heterocycles. The van der Waals surface area contributed by atoms with Gasteiger partial charge in [0.1, 0.15) is 33.5 Å². The third kappa shape index (κ3) is 8.90. The summed E-state index contributed by atoms with van der Waals surface area (Å²) in [7, 11) is 0. The van der Waals surface area contributed by atoms with E-state index < -0.39 is 0 Å². The number of hydrogen-bond donors (Lipinski definition) is 0. The molecular formula is C78H46N6O4. The van der Waals surface area contributed by atoms with Gasteiger partial charge in [-0.2, -0.15) is 0 Å². The Balaban J connectivity index is 0.000000137. The Morgan fingerprint density at radius 2 is 0.443 bits per heavy atom. The fraction of sp³-hybridized carbons (Fsp3) is 0. The maximum Gasteiger partial charge on any atom is 0.178 e. The molecule has 88 heavy (non-hydrogen) atoms. The van der Waals surface area contributed by atoms with E-state index in [0.717, 1.165) is 143 Å². The van der Waals surface area contributed by atoms with E-state index in [1.807, 2.05) is 170 Å². The molecule has 0 aliphatic carbocycles. The first-order chi connectivity index (χ1) is 43.6. The van der Waals surface area contributed by atoms with Gasteiger partial charge in [0.05, 0.1) is 0 Å². The van der Waals surface area contributed by atoms with Crippen LogP contribution in [0.4, 0.5) is 0 Å². The van der Waals surface area contributed by atoms with Crippen molar-refractivity contribution in [1.82, 2.24) is 29.9 Å². The summed E-state index contributed by atoms with van der Waals surface area (Å²) in [6.07, 6.45) is 0. The molecule has 412 valence electrons. The first kappa shape index (κ1) is 50.4. The molecule has 18 rings (SSSR count). The highest BCUT2D eigenvalue weighted by Crippen LogP contribution is 2.43. The fourth-order valence-corrected chi connectivity index (χ4v) is 12.0. The Morgan fingerprint density at radius 3 is 0.875 bits per heavy atom. The predicted octanol–water partition coefficient (Wildman–Crippen LogP) is 20.7.